The van der Waals surface area contributed by atoms with Gasteiger partial charge in [-0.3, -0.25) is 4.79 Å². The number of ketones is 1. The first-order valence-corrected chi connectivity index (χ1v) is 18.0. The van der Waals surface area contributed by atoms with Crippen LogP contribution in [0.5, 0.6) is 0 Å². The number of ether oxygens (including phenoxy) is 2. The molecule has 3 saturated carbocycles. The van der Waals surface area contributed by atoms with E-state index in [0.29, 0.717) is 23.5 Å². The molecule has 0 heterocycles. The van der Waals surface area contributed by atoms with E-state index in [4.69, 9.17) is 9.47 Å². The van der Waals surface area contributed by atoms with Gasteiger partial charge in [-0.2, -0.15) is 0 Å². The van der Waals surface area contributed by atoms with Gasteiger partial charge in [0.1, 0.15) is 24.5 Å². The average molecular weight is 638 g/mol. The van der Waals surface area contributed by atoms with Crippen LogP contribution in [0.3, 0.4) is 0 Å². The molecule has 0 unspecified atom stereocenters. The van der Waals surface area contributed by atoms with Crippen LogP contribution in [0.25, 0.3) is 11.1 Å². The molecule has 2 aromatic rings. The molecule has 1 amide bonds. The predicted octanol–water partition coefficient (Wildman–Crippen LogP) is 8.63. The largest absolute Gasteiger partial charge is 0.457 e. The van der Waals surface area contributed by atoms with Crippen molar-refractivity contribution in [2.24, 2.45) is 40.4 Å². The summed E-state index contributed by atoms with van der Waals surface area (Å²) in [7, 11) is 0. The molecule has 2 aromatic carbocycles. The molecule has 0 aliphatic heterocycles. The smallest absolute Gasteiger partial charge is 0.407 e. The summed E-state index contributed by atoms with van der Waals surface area (Å²) < 4.78 is 11.9. The summed E-state index contributed by atoms with van der Waals surface area (Å²) in [6, 6.07) is 15.7. The number of hydrogen-bond acceptors (Lipinski definition) is 5. The summed E-state index contributed by atoms with van der Waals surface area (Å²) in [6.07, 6.45) is 9.91. The zero-order valence-electron chi connectivity index (χ0n) is 28.7. The monoisotopic (exact) mass is 637 g/mol. The molecule has 0 saturated heterocycles. The summed E-state index contributed by atoms with van der Waals surface area (Å²) in [5.74, 6) is 1.95. The molecule has 6 nitrogen and oxygen atoms in total. The fraction of sp³-hybridized carbons (Fsp3) is 0.585. The Morgan fingerprint density at radius 1 is 0.872 bits per heavy atom. The van der Waals surface area contributed by atoms with Gasteiger partial charge in [0.2, 0.25) is 0 Å². The molecule has 7 rings (SSSR count). The number of nitrogens with one attached hydrogen (secondary N) is 1. The third kappa shape index (κ3) is 5.44. The van der Waals surface area contributed by atoms with Crippen molar-refractivity contribution in [3.8, 4) is 11.1 Å². The molecule has 47 heavy (non-hydrogen) atoms. The van der Waals surface area contributed by atoms with Crippen LogP contribution in [0, 0.1) is 40.4 Å². The maximum absolute atomic E-state index is 13.5. The number of carbonyl (C=O) groups excluding carboxylic acids is 3. The molecule has 0 aromatic heterocycles. The van der Waals surface area contributed by atoms with Crippen LogP contribution in [0.15, 0.2) is 60.2 Å². The van der Waals surface area contributed by atoms with E-state index >= 15 is 0 Å². The fourth-order valence-corrected chi connectivity index (χ4v) is 10.9. The van der Waals surface area contributed by atoms with Gasteiger partial charge in [-0.15, -0.1) is 0 Å². The van der Waals surface area contributed by atoms with Gasteiger partial charge in [-0.1, -0.05) is 81.8 Å². The molecule has 5 aliphatic carbocycles. The van der Waals surface area contributed by atoms with Crippen molar-refractivity contribution in [1.82, 2.24) is 5.32 Å². The van der Waals surface area contributed by atoms with Crippen molar-refractivity contribution in [2.45, 2.75) is 104 Å². The lowest BCUT2D eigenvalue weighted by atomic mass is 9.46. The van der Waals surface area contributed by atoms with Gasteiger partial charge in [-0.05, 0) is 121 Å². The summed E-state index contributed by atoms with van der Waals surface area (Å²) >= 11 is 0. The summed E-state index contributed by atoms with van der Waals surface area (Å²) in [5, 5.41) is 2.83. The van der Waals surface area contributed by atoms with Crippen LogP contribution in [-0.4, -0.2) is 36.6 Å². The second-order valence-corrected chi connectivity index (χ2v) is 16.0. The van der Waals surface area contributed by atoms with E-state index in [-0.39, 0.29) is 41.3 Å². The van der Waals surface area contributed by atoms with Crippen LogP contribution in [0.1, 0.15) is 103 Å². The lowest BCUT2D eigenvalue weighted by molar-refractivity contribution is -0.152. The Labute approximate surface area is 280 Å². The molecular formula is C41H51NO5. The maximum Gasteiger partial charge on any atom is 0.407 e. The molecule has 1 N–H and O–H groups in total. The van der Waals surface area contributed by atoms with E-state index in [9.17, 15) is 14.4 Å². The minimum Gasteiger partial charge on any atom is -0.457 e. The average Bonchev–Trinajstić information content (AvgIpc) is 3.57. The molecule has 250 valence electrons. The topological polar surface area (TPSA) is 81.7 Å². The van der Waals surface area contributed by atoms with Crippen molar-refractivity contribution in [2.75, 3.05) is 6.61 Å². The van der Waals surface area contributed by atoms with Crippen LogP contribution >= 0.6 is 0 Å². The minimum atomic E-state index is -0.791. The molecule has 3 fully saturated rings. The van der Waals surface area contributed by atoms with Gasteiger partial charge in [0.15, 0.2) is 0 Å². The number of amides is 1. The van der Waals surface area contributed by atoms with E-state index in [0.717, 1.165) is 49.7 Å². The van der Waals surface area contributed by atoms with Crippen LogP contribution in [-0.2, 0) is 19.1 Å². The molecule has 5 aliphatic rings. The first-order chi connectivity index (χ1) is 22.5. The Balaban J connectivity index is 0.981. The Morgan fingerprint density at radius 3 is 2.21 bits per heavy atom. The zero-order chi connectivity index (χ0) is 33.1. The van der Waals surface area contributed by atoms with Crippen LogP contribution < -0.4 is 5.32 Å². The van der Waals surface area contributed by atoms with Gasteiger partial charge in [0.25, 0.3) is 0 Å². The second kappa shape index (κ2) is 12.2. The highest BCUT2D eigenvalue weighted by molar-refractivity contribution is 5.82. The molecule has 0 bridgehead atoms. The van der Waals surface area contributed by atoms with E-state index in [1.807, 2.05) is 38.1 Å². The van der Waals surface area contributed by atoms with Crippen LogP contribution in [0.4, 0.5) is 4.79 Å². The Bertz CT molecular complexity index is 1550. The number of carbonyl (C=O) groups is 3. The van der Waals surface area contributed by atoms with Crippen molar-refractivity contribution in [1.29, 1.82) is 0 Å². The molecule has 8 atom stereocenters. The number of hydrogen-bond donors (Lipinski definition) is 1. The van der Waals surface area contributed by atoms with Gasteiger partial charge in [0.05, 0.1) is 0 Å². The molecular weight excluding hydrogens is 586 g/mol. The van der Waals surface area contributed by atoms with E-state index in [1.165, 1.54) is 29.5 Å². The molecule has 6 heteroatoms. The summed E-state index contributed by atoms with van der Waals surface area (Å²) in [6.45, 7) is 10.7. The second-order valence-electron chi connectivity index (χ2n) is 16.0. The number of benzene rings is 2. The van der Waals surface area contributed by atoms with Crippen molar-refractivity contribution in [3.05, 3.63) is 71.3 Å². The van der Waals surface area contributed by atoms with E-state index in [1.54, 1.807) is 6.92 Å². The normalized spacial score (nSPS) is 33.0. The highest BCUT2D eigenvalue weighted by Gasteiger charge is 2.59. The Kier molecular flexibility index (Phi) is 8.37. The summed E-state index contributed by atoms with van der Waals surface area (Å²) in [5.41, 5.74) is 6.38. The number of esters is 1. The Morgan fingerprint density at radius 2 is 1.55 bits per heavy atom. The van der Waals surface area contributed by atoms with Gasteiger partial charge in [0, 0.05) is 11.8 Å². The standard InChI is InChI=1S/C41H51NO5/c1-24(2)37(42-39(45)46-23-33-30-12-8-6-10-28(30)29-11-7-9-13-31(29)33)38(44)47-27-18-20-40(4)26(22-27)14-15-32-35-17-16-34(25(3)43)41(35,5)21-19-36(32)40/h6-13,22,24,27,32-37H,14-21,23H2,1-5H3,(H,42,45)/t27-,32-,34+,35-,36-,37-,40-,41+/m0/s1. The molecule has 0 radical (unpaired) electrons. The number of fused-ring (bicyclic) bond motifs is 8. The van der Waals surface area contributed by atoms with Gasteiger partial charge < -0.3 is 14.8 Å². The zero-order valence-corrected chi connectivity index (χ0v) is 28.7. The third-order valence-corrected chi connectivity index (χ3v) is 13.4. The van der Waals surface area contributed by atoms with Crippen LogP contribution in [0.2, 0.25) is 0 Å². The summed E-state index contributed by atoms with van der Waals surface area (Å²) in [4.78, 5) is 39.1. The maximum atomic E-state index is 13.5. The van der Waals surface area contributed by atoms with Crippen molar-refractivity contribution in [3.63, 3.8) is 0 Å². The van der Waals surface area contributed by atoms with Gasteiger partial charge in [-0.25, -0.2) is 9.59 Å². The predicted molar refractivity (Wildman–Crippen MR) is 183 cm³/mol. The lowest BCUT2D eigenvalue weighted by Crippen LogP contribution is -2.51. The first kappa shape index (κ1) is 32.2. The number of allylic oxidation sites excluding steroid dienone is 1. The number of alkyl carbamates (subject to hydrolysis) is 1. The van der Waals surface area contributed by atoms with Crippen molar-refractivity contribution >= 4 is 17.8 Å². The lowest BCUT2D eigenvalue weighted by Gasteiger charge is -2.58. The van der Waals surface area contributed by atoms with E-state index in [2.05, 4.69) is 49.5 Å². The highest BCUT2D eigenvalue weighted by Crippen LogP contribution is 2.66. The molecule has 0 spiro atoms. The quantitative estimate of drug-likeness (QED) is 0.243. The van der Waals surface area contributed by atoms with E-state index < -0.39 is 18.1 Å². The number of rotatable bonds is 7. The minimum absolute atomic E-state index is 0.0435. The third-order valence-electron chi connectivity index (χ3n) is 13.4. The number of Topliss-reactive ketones (excluding diaryl/α,β-unsaturated/α-hetero) is 1. The SMILES string of the molecule is CC(=O)[C@H]1CC[C@H]2[C@@H]3CCC4=C[C@@H](OC(=O)[C@@H](NC(=O)OCC5c6ccccc6-c6ccccc65)C(C)C)CC[C@]4(C)[C@H]3CC[C@]12C. The highest BCUT2D eigenvalue weighted by atomic mass is 16.6. The first-order valence-electron chi connectivity index (χ1n) is 18.0. The van der Waals surface area contributed by atoms with Crippen molar-refractivity contribution < 1.29 is 23.9 Å². The fourth-order valence-electron chi connectivity index (χ4n) is 10.9. The van der Waals surface area contributed by atoms with Gasteiger partial charge >= 0.3 is 12.1 Å². The Hall–Kier alpha value is -3.41.